The molecule has 94 valence electrons. The SMILES string of the molecule is Nc1ccc(OCCN2CCS(=O)CC2)cc1. The summed E-state index contributed by atoms with van der Waals surface area (Å²) in [5.74, 6) is 2.43. The van der Waals surface area contributed by atoms with Crippen molar-refractivity contribution in [3.63, 3.8) is 0 Å². The molecular weight excluding hydrogens is 236 g/mol. The molecule has 0 aromatic heterocycles. The first-order chi connectivity index (χ1) is 8.24. The molecule has 1 aromatic carbocycles. The van der Waals surface area contributed by atoms with Crippen LogP contribution in [0.15, 0.2) is 24.3 Å². The highest BCUT2D eigenvalue weighted by molar-refractivity contribution is 7.85. The Kier molecular flexibility index (Phi) is 4.39. The number of ether oxygens (including phenoxy) is 1. The van der Waals surface area contributed by atoms with Gasteiger partial charge in [-0.15, -0.1) is 0 Å². The first kappa shape index (κ1) is 12.4. The van der Waals surface area contributed by atoms with Crippen molar-refractivity contribution in [3.05, 3.63) is 24.3 Å². The third-order valence-electron chi connectivity index (χ3n) is 2.83. The second-order valence-corrected chi connectivity index (χ2v) is 5.80. The highest BCUT2D eigenvalue weighted by Crippen LogP contribution is 2.13. The third-order valence-corrected chi connectivity index (χ3v) is 4.10. The van der Waals surface area contributed by atoms with Crippen molar-refractivity contribution in [2.45, 2.75) is 0 Å². The van der Waals surface area contributed by atoms with Crippen molar-refractivity contribution in [2.24, 2.45) is 0 Å². The van der Waals surface area contributed by atoms with E-state index in [1.807, 2.05) is 24.3 Å². The lowest BCUT2D eigenvalue weighted by molar-refractivity contribution is 0.221. The summed E-state index contributed by atoms with van der Waals surface area (Å²) in [4.78, 5) is 2.29. The van der Waals surface area contributed by atoms with E-state index < -0.39 is 10.8 Å². The van der Waals surface area contributed by atoms with Crippen LogP contribution in [0, 0.1) is 0 Å². The number of benzene rings is 1. The smallest absolute Gasteiger partial charge is 0.119 e. The van der Waals surface area contributed by atoms with E-state index in [1.54, 1.807) is 0 Å². The predicted molar refractivity (Wildman–Crippen MR) is 70.7 cm³/mol. The van der Waals surface area contributed by atoms with Crippen LogP contribution in [0.25, 0.3) is 0 Å². The number of nitrogens with zero attached hydrogens (tertiary/aromatic N) is 1. The van der Waals surface area contributed by atoms with Crippen LogP contribution in [0.3, 0.4) is 0 Å². The van der Waals surface area contributed by atoms with Crippen molar-refractivity contribution in [1.82, 2.24) is 4.90 Å². The Morgan fingerprint density at radius 1 is 1.24 bits per heavy atom. The fraction of sp³-hybridized carbons (Fsp3) is 0.500. The Labute approximate surface area is 104 Å². The number of hydrogen-bond acceptors (Lipinski definition) is 4. The molecule has 0 amide bonds. The molecule has 17 heavy (non-hydrogen) atoms. The van der Waals surface area contributed by atoms with Gasteiger partial charge < -0.3 is 10.5 Å². The van der Waals surface area contributed by atoms with Crippen LogP contribution in [0.4, 0.5) is 5.69 Å². The van der Waals surface area contributed by atoms with Gasteiger partial charge in [0.1, 0.15) is 12.4 Å². The van der Waals surface area contributed by atoms with E-state index in [0.717, 1.165) is 42.6 Å². The molecule has 1 aromatic rings. The van der Waals surface area contributed by atoms with Crippen molar-refractivity contribution < 1.29 is 8.95 Å². The van der Waals surface area contributed by atoms with Crippen LogP contribution in [0.5, 0.6) is 5.75 Å². The van der Waals surface area contributed by atoms with E-state index in [1.165, 1.54) is 0 Å². The quantitative estimate of drug-likeness (QED) is 0.804. The zero-order chi connectivity index (χ0) is 12.1. The van der Waals surface area contributed by atoms with E-state index in [4.69, 9.17) is 10.5 Å². The van der Waals surface area contributed by atoms with Crippen LogP contribution in [-0.4, -0.2) is 46.9 Å². The Hall–Kier alpha value is -1.07. The molecule has 2 N–H and O–H groups in total. The van der Waals surface area contributed by atoms with E-state index in [-0.39, 0.29) is 0 Å². The maximum absolute atomic E-state index is 11.2. The molecule has 4 nitrogen and oxygen atoms in total. The molecule has 1 aliphatic heterocycles. The van der Waals surface area contributed by atoms with Gasteiger partial charge in [0, 0.05) is 47.6 Å². The summed E-state index contributed by atoms with van der Waals surface area (Å²) in [5.41, 5.74) is 6.34. The average Bonchev–Trinajstić information content (AvgIpc) is 2.34. The molecular formula is C12H18N2O2S. The third kappa shape index (κ3) is 4.02. The van der Waals surface area contributed by atoms with Gasteiger partial charge in [-0.2, -0.15) is 0 Å². The zero-order valence-corrected chi connectivity index (χ0v) is 10.6. The van der Waals surface area contributed by atoms with Gasteiger partial charge in [0.05, 0.1) is 0 Å². The van der Waals surface area contributed by atoms with Crippen LogP contribution < -0.4 is 10.5 Å². The normalized spacial score (nSPS) is 18.1. The molecule has 0 radical (unpaired) electrons. The molecule has 0 spiro atoms. The molecule has 1 fully saturated rings. The average molecular weight is 254 g/mol. The number of nitrogens with two attached hydrogens (primary N) is 1. The Bertz CT molecular complexity index is 371. The topological polar surface area (TPSA) is 55.6 Å². The van der Waals surface area contributed by atoms with E-state index in [9.17, 15) is 4.21 Å². The molecule has 0 saturated carbocycles. The summed E-state index contributed by atoms with van der Waals surface area (Å²) < 4.78 is 16.8. The number of hydrogen-bond donors (Lipinski definition) is 1. The second-order valence-electron chi connectivity index (χ2n) is 4.11. The Morgan fingerprint density at radius 3 is 2.53 bits per heavy atom. The zero-order valence-electron chi connectivity index (χ0n) is 9.80. The van der Waals surface area contributed by atoms with Crippen molar-refractivity contribution in [2.75, 3.05) is 43.5 Å². The summed E-state index contributed by atoms with van der Waals surface area (Å²) in [7, 11) is -0.601. The maximum Gasteiger partial charge on any atom is 0.119 e. The summed E-state index contributed by atoms with van der Waals surface area (Å²) >= 11 is 0. The lowest BCUT2D eigenvalue weighted by Crippen LogP contribution is -2.39. The minimum atomic E-state index is -0.601. The number of nitrogen functional groups attached to an aromatic ring is 1. The highest BCUT2D eigenvalue weighted by Gasteiger charge is 2.14. The molecule has 0 aliphatic carbocycles. The van der Waals surface area contributed by atoms with E-state index >= 15 is 0 Å². The molecule has 1 aliphatic rings. The molecule has 1 heterocycles. The lowest BCUT2D eigenvalue weighted by Gasteiger charge is -2.25. The number of anilines is 1. The molecule has 0 unspecified atom stereocenters. The minimum Gasteiger partial charge on any atom is -0.492 e. The lowest BCUT2D eigenvalue weighted by atomic mass is 10.3. The van der Waals surface area contributed by atoms with Gasteiger partial charge in [-0.3, -0.25) is 9.11 Å². The van der Waals surface area contributed by atoms with Crippen molar-refractivity contribution in [1.29, 1.82) is 0 Å². The Balaban J connectivity index is 1.69. The number of rotatable bonds is 4. The highest BCUT2D eigenvalue weighted by atomic mass is 32.2. The second kappa shape index (κ2) is 6.02. The van der Waals surface area contributed by atoms with Gasteiger partial charge in [-0.1, -0.05) is 0 Å². The summed E-state index contributed by atoms with van der Waals surface area (Å²) in [6.07, 6.45) is 0. The van der Waals surface area contributed by atoms with E-state index in [2.05, 4.69) is 4.90 Å². The fourth-order valence-electron chi connectivity index (χ4n) is 1.76. The fourth-order valence-corrected chi connectivity index (χ4v) is 2.88. The maximum atomic E-state index is 11.2. The van der Waals surface area contributed by atoms with Gasteiger partial charge in [-0.05, 0) is 24.3 Å². The monoisotopic (exact) mass is 254 g/mol. The van der Waals surface area contributed by atoms with Gasteiger partial charge >= 0.3 is 0 Å². The van der Waals surface area contributed by atoms with Crippen molar-refractivity contribution >= 4 is 16.5 Å². The van der Waals surface area contributed by atoms with Crippen LogP contribution in [0.1, 0.15) is 0 Å². The minimum absolute atomic E-state index is 0.601. The first-order valence-corrected chi connectivity index (χ1v) is 7.28. The first-order valence-electron chi connectivity index (χ1n) is 5.80. The molecule has 1 saturated heterocycles. The summed E-state index contributed by atoms with van der Waals surface area (Å²) in [6.45, 7) is 3.38. The molecule has 2 rings (SSSR count). The van der Waals surface area contributed by atoms with E-state index in [0.29, 0.717) is 6.61 Å². The molecule has 0 bridgehead atoms. The standard InChI is InChI=1S/C12H18N2O2S/c13-11-1-3-12(4-2-11)16-8-5-14-6-9-17(15)10-7-14/h1-4H,5-10,13H2. The van der Waals surface area contributed by atoms with Gasteiger partial charge in [0.15, 0.2) is 0 Å². The van der Waals surface area contributed by atoms with Crippen LogP contribution in [-0.2, 0) is 10.8 Å². The van der Waals surface area contributed by atoms with Crippen LogP contribution >= 0.6 is 0 Å². The predicted octanol–water partition coefficient (Wildman–Crippen LogP) is 0.712. The Morgan fingerprint density at radius 2 is 1.88 bits per heavy atom. The summed E-state index contributed by atoms with van der Waals surface area (Å²) in [5, 5.41) is 0. The van der Waals surface area contributed by atoms with Gasteiger partial charge in [-0.25, -0.2) is 0 Å². The van der Waals surface area contributed by atoms with Gasteiger partial charge in [0.25, 0.3) is 0 Å². The largest absolute Gasteiger partial charge is 0.492 e. The molecule has 5 heteroatoms. The van der Waals surface area contributed by atoms with Crippen LogP contribution in [0.2, 0.25) is 0 Å². The van der Waals surface area contributed by atoms with Gasteiger partial charge in [0.2, 0.25) is 0 Å². The summed E-state index contributed by atoms with van der Waals surface area (Å²) in [6, 6.07) is 7.42. The molecule has 0 atom stereocenters. The van der Waals surface area contributed by atoms with Crippen molar-refractivity contribution in [3.8, 4) is 5.75 Å².